The summed E-state index contributed by atoms with van der Waals surface area (Å²) in [4.78, 5) is 0. The van der Waals surface area contributed by atoms with E-state index in [0.29, 0.717) is 21.5 Å². The van der Waals surface area contributed by atoms with Gasteiger partial charge < -0.3 is 9.47 Å². The second-order valence-electron chi connectivity index (χ2n) is 2.12. The maximum Gasteiger partial charge on any atom is 0.156 e. The molecule has 0 bridgehead atoms. The van der Waals surface area contributed by atoms with E-state index in [1.807, 2.05) is 0 Å². The molecule has 0 heterocycles. The molecular weight excluding hydrogens is 205 g/mol. The van der Waals surface area contributed by atoms with E-state index < -0.39 is 0 Å². The molecule has 0 unspecified atom stereocenters. The monoisotopic (exact) mass is 212 g/mol. The Balaban J connectivity index is 3.18. The van der Waals surface area contributed by atoms with E-state index in [-0.39, 0.29) is 0 Å². The lowest BCUT2D eigenvalue weighted by atomic mass is 11.3. The molecule has 0 aliphatic heterocycles. The fourth-order valence-corrected chi connectivity index (χ4v) is 1.47. The molecule has 0 aliphatic rings. The Morgan fingerprint density at radius 2 is 1.50 bits per heavy atom. The molecule has 0 radical (unpaired) electrons. The van der Waals surface area contributed by atoms with E-state index >= 15 is 0 Å². The van der Waals surface area contributed by atoms with Gasteiger partial charge in [-0.25, -0.2) is 0 Å². The summed E-state index contributed by atoms with van der Waals surface area (Å²) in [6, 6.07) is 3.29. The van der Waals surface area contributed by atoms with Crippen LogP contribution >= 0.6 is 23.2 Å². The van der Waals surface area contributed by atoms with Gasteiger partial charge in [-0.05, 0) is 0 Å². The summed E-state index contributed by atoms with van der Waals surface area (Å²) in [5, 5.41) is 0.892. The largest absolute Gasteiger partial charge is 0.497 e. The Bertz CT molecular complexity index is 263. The molecule has 1 rings (SSSR count). The number of hydrogen-bond donors (Lipinski definition) is 0. The number of benzene rings is 1. The first-order valence-corrected chi connectivity index (χ1v) is 4.01. The van der Waals surface area contributed by atoms with Gasteiger partial charge in [0.05, 0.1) is 24.3 Å². The topological polar surface area (TPSA) is 18.5 Å². The Morgan fingerprint density at radius 3 is 1.83 bits per heavy atom. The lowest BCUT2D eigenvalue weighted by Gasteiger charge is -2.07. The molecule has 0 amide bonds. The van der Waals surface area contributed by atoms with Crippen LogP contribution in [0, 0.1) is 0 Å². The maximum atomic E-state index is 5.82. The van der Waals surface area contributed by atoms with Gasteiger partial charge in [0.15, 0.2) is 5.75 Å². The standard InChI is InChI=1S/C8H8Cl2O2/c1-11-5-3-6(9)8(12-2)7(10)4-5/h3-4H,1-2H3/i3+1,4+1,5+1,6+1,7+1,8+1. The van der Waals surface area contributed by atoms with Crippen molar-refractivity contribution in [3.05, 3.63) is 22.2 Å². The van der Waals surface area contributed by atoms with Crippen molar-refractivity contribution >= 4 is 23.2 Å². The van der Waals surface area contributed by atoms with Crippen molar-refractivity contribution in [2.75, 3.05) is 14.2 Å². The molecule has 0 saturated carbocycles. The average molecular weight is 213 g/mol. The summed E-state index contributed by atoms with van der Waals surface area (Å²) in [7, 11) is 3.06. The Labute approximate surface area is 81.0 Å². The number of halogens is 2. The first-order valence-electron chi connectivity index (χ1n) is 3.26. The Hall–Kier alpha value is -0.600. The van der Waals surface area contributed by atoms with Crippen LogP contribution in [0.5, 0.6) is 11.5 Å². The molecule has 66 valence electrons. The number of ether oxygens (including phenoxy) is 2. The molecule has 4 heteroatoms. The van der Waals surface area contributed by atoms with Gasteiger partial charge in [-0.1, -0.05) is 23.2 Å². The van der Waals surface area contributed by atoms with Crippen LogP contribution in [-0.4, -0.2) is 14.2 Å². The lowest BCUT2D eigenvalue weighted by Crippen LogP contribution is -1.88. The van der Waals surface area contributed by atoms with Gasteiger partial charge in [0.1, 0.15) is 5.75 Å². The van der Waals surface area contributed by atoms with E-state index in [0.717, 1.165) is 0 Å². The van der Waals surface area contributed by atoms with Crippen molar-refractivity contribution < 1.29 is 9.47 Å². The normalized spacial score (nSPS) is 9.67. The average Bonchev–Trinajstić information content (AvgIpc) is 2.03. The summed E-state index contributed by atoms with van der Waals surface area (Å²) in [5.74, 6) is 1.09. The zero-order valence-electron chi connectivity index (χ0n) is 6.73. The lowest BCUT2D eigenvalue weighted by molar-refractivity contribution is 0.403. The van der Waals surface area contributed by atoms with Crippen molar-refractivity contribution in [3.63, 3.8) is 0 Å². The smallest absolute Gasteiger partial charge is 0.156 e. The van der Waals surface area contributed by atoms with Gasteiger partial charge in [-0.2, -0.15) is 0 Å². The molecule has 12 heavy (non-hydrogen) atoms. The quantitative estimate of drug-likeness (QED) is 0.751. The zero-order valence-corrected chi connectivity index (χ0v) is 8.24. The van der Waals surface area contributed by atoms with Crippen molar-refractivity contribution in [1.82, 2.24) is 0 Å². The van der Waals surface area contributed by atoms with Crippen LogP contribution in [0.1, 0.15) is 0 Å². The molecule has 2 nitrogen and oxygen atoms in total. The first kappa shape index (κ1) is 9.49. The van der Waals surface area contributed by atoms with E-state index in [4.69, 9.17) is 32.7 Å². The van der Waals surface area contributed by atoms with E-state index in [1.54, 1.807) is 19.2 Å². The van der Waals surface area contributed by atoms with Crippen LogP contribution in [0.4, 0.5) is 0 Å². The first-order chi connectivity index (χ1) is 5.69. The Morgan fingerprint density at radius 1 is 1.00 bits per heavy atom. The summed E-state index contributed by atoms with van der Waals surface area (Å²) >= 11 is 11.6. The van der Waals surface area contributed by atoms with Crippen molar-refractivity contribution in [1.29, 1.82) is 0 Å². The van der Waals surface area contributed by atoms with Crippen molar-refractivity contribution in [3.8, 4) is 11.5 Å². The molecule has 1 aromatic rings. The highest BCUT2D eigenvalue weighted by Crippen LogP contribution is 2.36. The van der Waals surface area contributed by atoms with Crippen LogP contribution in [0.25, 0.3) is 0 Å². The molecule has 0 spiro atoms. The van der Waals surface area contributed by atoms with Crippen LogP contribution in [0.15, 0.2) is 12.1 Å². The number of methoxy groups -OCH3 is 2. The SMILES string of the molecule is CO[13c]1[13cH][13c](Cl)[13c](OC)[13c](Cl)[13cH]1. The predicted octanol–water partition coefficient (Wildman–Crippen LogP) is 3.01. The zero-order chi connectivity index (χ0) is 9.14. The van der Waals surface area contributed by atoms with Crippen molar-refractivity contribution in [2.24, 2.45) is 0 Å². The van der Waals surface area contributed by atoms with Crippen molar-refractivity contribution in [2.45, 2.75) is 0 Å². The van der Waals surface area contributed by atoms with Crippen LogP contribution in [0.3, 0.4) is 0 Å². The van der Waals surface area contributed by atoms with E-state index in [2.05, 4.69) is 0 Å². The predicted molar refractivity (Wildman–Crippen MR) is 49.6 cm³/mol. The highest BCUT2D eigenvalue weighted by Gasteiger charge is 2.07. The fraction of sp³-hybridized carbons (Fsp3) is 0.250. The second-order valence-corrected chi connectivity index (χ2v) is 2.94. The minimum absolute atomic E-state index is 0.446. The number of hydrogen-bond acceptors (Lipinski definition) is 2. The van der Waals surface area contributed by atoms with Gasteiger partial charge in [-0.15, -0.1) is 0 Å². The number of rotatable bonds is 2. The molecule has 1 aromatic carbocycles. The highest BCUT2D eigenvalue weighted by atomic mass is 35.5. The van der Waals surface area contributed by atoms with Crippen LogP contribution in [-0.2, 0) is 0 Å². The van der Waals surface area contributed by atoms with Gasteiger partial charge in [0.2, 0.25) is 0 Å². The third-order valence-corrected chi connectivity index (χ3v) is 1.97. The molecule has 0 N–H and O–H groups in total. The molecule has 0 fully saturated rings. The van der Waals surface area contributed by atoms with Gasteiger partial charge in [0.25, 0.3) is 0 Å². The summed E-state index contributed by atoms with van der Waals surface area (Å²) in [6.45, 7) is 0. The molecule has 0 atom stereocenters. The summed E-state index contributed by atoms with van der Waals surface area (Å²) < 4.78 is 9.91. The molecule has 0 aromatic heterocycles. The van der Waals surface area contributed by atoms with Gasteiger partial charge in [-0.3, -0.25) is 0 Å². The van der Waals surface area contributed by atoms with Gasteiger partial charge >= 0.3 is 0 Å². The minimum Gasteiger partial charge on any atom is -0.497 e. The summed E-state index contributed by atoms with van der Waals surface area (Å²) in [6.07, 6.45) is 0. The second kappa shape index (κ2) is 3.87. The Kier molecular flexibility index (Phi) is 3.06. The maximum absolute atomic E-state index is 5.82. The minimum atomic E-state index is 0.446. The fourth-order valence-electron chi connectivity index (χ4n) is 0.849. The van der Waals surface area contributed by atoms with Crippen LogP contribution < -0.4 is 9.47 Å². The highest BCUT2D eigenvalue weighted by molar-refractivity contribution is 6.37. The van der Waals surface area contributed by atoms with E-state index in [9.17, 15) is 0 Å². The summed E-state index contributed by atoms with van der Waals surface area (Å²) in [5.41, 5.74) is 0. The third-order valence-electron chi connectivity index (χ3n) is 1.41. The third kappa shape index (κ3) is 1.76. The van der Waals surface area contributed by atoms with E-state index in [1.165, 1.54) is 7.11 Å². The molecule has 0 saturated heterocycles. The molecular formula is C8H8Cl2O2. The van der Waals surface area contributed by atoms with Gasteiger partial charge in [0, 0.05) is 12.1 Å². The molecule has 0 aliphatic carbocycles. The van der Waals surface area contributed by atoms with Crippen LogP contribution in [0.2, 0.25) is 10.0 Å².